The van der Waals surface area contributed by atoms with E-state index in [1.165, 1.54) is 0 Å². The van der Waals surface area contributed by atoms with E-state index in [2.05, 4.69) is 10.4 Å². The molecule has 3 heterocycles. The van der Waals surface area contributed by atoms with Crippen LogP contribution in [0.3, 0.4) is 0 Å². The van der Waals surface area contributed by atoms with E-state index >= 15 is 0 Å². The van der Waals surface area contributed by atoms with Crippen molar-refractivity contribution in [1.82, 2.24) is 19.5 Å². The summed E-state index contributed by atoms with van der Waals surface area (Å²) < 4.78 is 8.98. The van der Waals surface area contributed by atoms with Gasteiger partial charge in [-0.25, -0.2) is 4.52 Å². The summed E-state index contributed by atoms with van der Waals surface area (Å²) >= 11 is 1.61. The zero-order valence-electron chi connectivity index (χ0n) is 11.8. The third-order valence-electron chi connectivity index (χ3n) is 3.37. The van der Waals surface area contributed by atoms with E-state index < -0.39 is 0 Å². The van der Waals surface area contributed by atoms with Gasteiger partial charge in [0.2, 0.25) is 0 Å². The van der Waals surface area contributed by atoms with E-state index in [-0.39, 0.29) is 12.0 Å². The second kappa shape index (κ2) is 5.71. The molecule has 0 aliphatic heterocycles. The number of ether oxygens (including phenoxy) is 1. The van der Waals surface area contributed by atoms with E-state index in [0.717, 1.165) is 10.5 Å². The van der Waals surface area contributed by atoms with Crippen LogP contribution >= 0.6 is 11.3 Å². The molecule has 110 valence electrons. The Balaban J connectivity index is 1.73. The van der Waals surface area contributed by atoms with Crippen molar-refractivity contribution < 1.29 is 9.53 Å². The normalized spacial score (nSPS) is 12.7. The molecule has 3 rings (SSSR count). The molecule has 1 N–H and O–H groups in total. The number of amides is 1. The summed E-state index contributed by atoms with van der Waals surface area (Å²) in [7, 11) is 3.53. The number of fused-ring (bicyclic) bond motifs is 1. The van der Waals surface area contributed by atoms with Crippen LogP contribution in [0.15, 0.2) is 36.1 Å². The van der Waals surface area contributed by atoms with E-state index in [1.54, 1.807) is 29.2 Å². The van der Waals surface area contributed by atoms with Gasteiger partial charge >= 0.3 is 0 Å². The molecule has 0 unspecified atom stereocenters. The Kier molecular flexibility index (Phi) is 3.76. The third-order valence-corrected chi connectivity index (χ3v) is 4.34. The van der Waals surface area contributed by atoms with Crippen molar-refractivity contribution in [3.63, 3.8) is 0 Å². The number of aryl methyl sites for hydroxylation is 1. The highest BCUT2D eigenvalue weighted by Crippen LogP contribution is 2.21. The molecule has 3 aromatic rings. The fraction of sp³-hybridized carbons (Fsp3) is 0.286. The lowest BCUT2D eigenvalue weighted by Gasteiger charge is -2.14. The highest BCUT2D eigenvalue weighted by molar-refractivity contribution is 7.10. The highest BCUT2D eigenvalue weighted by Gasteiger charge is 2.18. The average molecular weight is 304 g/mol. The van der Waals surface area contributed by atoms with E-state index in [0.29, 0.717) is 12.1 Å². The van der Waals surface area contributed by atoms with Gasteiger partial charge < -0.3 is 14.6 Å². The molecule has 1 amide bonds. The van der Waals surface area contributed by atoms with Gasteiger partial charge in [0, 0.05) is 38.0 Å². The standard InChI is InChI=1S/C14H16N4O2S/c1-17-5-6-18-14(17)10(8-16-18)13(19)15-9-11(20-2)12-4-3-7-21-12/h3-8,11H,9H2,1-2H3,(H,15,19)/t11-/m0/s1. The van der Waals surface area contributed by atoms with E-state index in [1.807, 2.05) is 41.5 Å². The van der Waals surface area contributed by atoms with Gasteiger partial charge in [-0.3, -0.25) is 4.79 Å². The second-order valence-electron chi connectivity index (χ2n) is 4.69. The van der Waals surface area contributed by atoms with Crippen LogP contribution in [-0.4, -0.2) is 33.7 Å². The number of hydrogen-bond donors (Lipinski definition) is 1. The molecule has 21 heavy (non-hydrogen) atoms. The molecule has 7 heteroatoms. The summed E-state index contributed by atoms with van der Waals surface area (Å²) in [5, 5.41) is 9.07. The Morgan fingerprint density at radius 3 is 3.10 bits per heavy atom. The van der Waals surface area contributed by atoms with E-state index in [4.69, 9.17) is 4.74 Å². The van der Waals surface area contributed by atoms with Crippen molar-refractivity contribution in [2.75, 3.05) is 13.7 Å². The molecule has 1 atom stereocenters. The summed E-state index contributed by atoms with van der Waals surface area (Å²) in [5.74, 6) is -0.148. The average Bonchev–Trinajstić information content (AvgIpc) is 3.19. The second-order valence-corrected chi connectivity index (χ2v) is 5.66. The minimum absolute atomic E-state index is 0.131. The summed E-state index contributed by atoms with van der Waals surface area (Å²) in [6.45, 7) is 0.428. The smallest absolute Gasteiger partial charge is 0.256 e. The number of thiophene rings is 1. The Bertz CT molecular complexity index is 744. The molecule has 0 radical (unpaired) electrons. The molecule has 3 aromatic heterocycles. The zero-order chi connectivity index (χ0) is 14.8. The van der Waals surface area contributed by atoms with Gasteiger partial charge in [0.25, 0.3) is 5.91 Å². The highest BCUT2D eigenvalue weighted by atomic mass is 32.1. The first-order chi connectivity index (χ1) is 10.2. The van der Waals surface area contributed by atoms with Crippen molar-refractivity contribution in [3.8, 4) is 0 Å². The number of carbonyl (C=O) groups is 1. The zero-order valence-corrected chi connectivity index (χ0v) is 12.6. The van der Waals surface area contributed by atoms with Gasteiger partial charge in [0.05, 0.1) is 6.20 Å². The van der Waals surface area contributed by atoms with Crippen LogP contribution < -0.4 is 5.32 Å². The van der Waals surface area contributed by atoms with Crippen LogP contribution in [0.2, 0.25) is 0 Å². The monoisotopic (exact) mass is 304 g/mol. The van der Waals surface area contributed by atoms with Crippen LogP contribution in [0.25, 0.3) is 5.65 Å². The quantitative estimate of drug-likeness (QED) is 0.782. The molecular weight excluding hydrogens is 288 g/mol. The first-order valence-electron chi connectivity index (χ1n) is 6.53. The van der Waals surface area contributed by atoms with Crippen molar-refractivity contribution in [2.24, 2.45) is 7.05 Å². The summed E-state index contributed by atoms with van der Waals surface area (Å²) in [6.07, 6.45) is 5.13. The molecule has 0 saturated heterocycles. The maximum atomic E-state index is 12.3. The van der Waals surface area contributed by atoms with Crippen LogP contribution in [0.4, 0.5) is 0 Å². The van der Waals surface area contributed by atoms with Crippen LogP contribution in [-0.2, 0) is 11.8 Å². The molecule has 0 aromatic carbocycles. The molecule has 0 bridgehead atoms. The van der Waals surface area contributed by atoms with Crippen molar-refractivity contribution in [1.29, 1.82) is 0 Å². The summed E-state index contributed by atoms with van der Waals surface area (Å²) in [5.41, 5.74) is 1.33. The molecule has 0 aliphatic carbocycles. The Morgan fingerprint density at radius 1 is 1.52 bits per heavy atom. The van der Waals surface area contributed by atoms with Crippen molar-refractivity contribution >= 4 is 22.9 Å². The van der Waals surface area contributed by atoms with Crippen molar-refractivity contribution in [3.05, 3.63) is 46.5 Å². The van der Waals surface area contributed by atoms with E-state index in [9.17, 15) is 4.79 Å². The SMILES string of the molecule is CO[C@@H](CNC(=O)c1cnn2ccn(C)c12)c1cccs1. The van der Waals surface area contributed by atoms with Crippen molar-refractivity contribution in [2.45, 2.75) is 6.10 Å². The molecular formula is C14H16N4O2S. The number of nitrogens with zero attached hydrogens (tertiary/aromatic N) is 3. The van der Waals surface area contributed by atoms with Gasteiger partial charge in [0.1, 0.15) is 17.3 Å². The fourth-order valence-corrected chi connectivity index (χ4v) is 3.07. The van der Waals surface area contributed by atoms with Crippen LogP contribution in [0, 0.1) is 0 Å². The number of rotatable bonds is 5. The Hall–Kier alpha value is -2.12. The largest absolute Gasteiger partial charge is 0.374 e. The van der Waals surface area contributed by atoms with Gasteiger partial charge in [-0.15, -0.1) is 11.3 Å². The molecule has 6 nitrogen and oxygen atoms in total. The lowest BCUT2D eigenvalue weighted by molar-refractivity contribution is 0.0838. The van der Waals surface area contributed by atoms with Crippen LogP contribution in [0.1, 0.15) is 21.3 Å². The maximum Gasteiger partial charge on any atom is 0.256 e. The molecule has 0 saturated carbocycles. The molecule has 0 spiro atoms. The van der Waals surface area contributed by atoms with Gasteiger partial charge in [0.15, 0.2) is 0 Å². The number of methoxy groups -OCH3 is 1. The number of aromatic nitrogens is 3. The summed E-state index contributed by atoms with van der Waals surface area (Å²) in [4.78, 5) is 13.4. The van der Waals surface area contributed by atoms with Gasteiger partial charge in [-0.1, -0.05) is 6.07 Å². The first kappa shape index (κ1) is 13.8. The minimum Gasteiger partial charge on any atom is -0.374 e. The fourth-order valence-electron chi connectivity index (χ4n) is 2.27. The topological polar surface area (TPSA) is 60.6 Å². The Labute approximate surface area is 126 Å². The predicted molar refractivity (Wildman–Crippen MR) is 80.6 cm³/mol. The first-order valence-corrected chi connectivity index (χ1v) is 7.41. The summed E-state index contributed by atoms with van der Waals surface area (Å²) in [6, 6.07) is 3.97. The third kappa shape index (κ3) is 2.57. The molecule has 0 aliphatic rings. The number of hydrogen-bond acceptors (Lipinski definition) is 4. The number of imidazole rings is 1. The number of nitrogens with one attached hydrogen (secondary N) is 1. The number of carbonyl (C=O) groups excluding carboxylic acids is 1. The van der Waals surface area contributed by atoms with Crippen LogP contribution in [0.5, 0.6) is 0 Å². The lowest BCUT2D eigenvalue weighted by Crippen LogP contribution is -2.29. The Morgan fingerprint density at radius 2 is 2.38 bits per heavy atom. The van der Waals surface area contributed by atoms with Gasteiger partial charge in [-0.2, -0.15) is 5.10 Å². The predicted octanol–water partition coefficient (Wildman–Crippen LogP) is 1.85. The lowest BCUT2D eigenvalue weighted by atomic mass is 10.2. The maximum absolute atomic E-state index is 12.3. The molecule has 0 fully saturated rings. The minimum atomic E-state index is -0.148. The van der Waals surface area contributed by atoms with Gasteiger partial charge in [-0.05, 0) is 11.4 Å².